The topological polar surface area (TPSA) is 86.9 Å². The number of H-pyrrole nitrogens is 1. The van der Waals surface area contributed by atoms with Gasteiger partial charge in [0.15, 0.2) is 0 Å². The van der Waals surface area contributed by atoms with E-state index >= 15 is 0 Å². The van der Waals surface area contributed by atoms with Crippen LogP contribution >= 0.6 is 0 Å². The first-order chi connectivity index (χ1) is 12.4. The molecule has 0 fully saturated rings. The number of nitrogens with zero attached hydrogens (tertiary/aromatic N) is 1. The normalized spacial score (nSPS) is 10.4. The third-order valence-corrected chi connectivity index (χ3v) is 3.72. The molecule has 0 saturated carbocycles. The molecule has 0 spiro atoms. The molecule has 1 heterocycles. The van der Waals surface area contributed by atoms with E-state index in [0.29, 0.717) is 28.2 Å². The molecule has 0 atom stereocenters. The highest BCUT2D eigenvalue weighted by atomic mass is 19.1. The van der Waals surface area contributed by atoms with E-state index in [1.807, 2.05) is 0 Å². The summed E-state index contributed by atoms with van der Waals surface area (Å²) < 4.78 is 13.4. The van der Waals surface area contributed by atoms with Gasteiger partial charge in [-0.3, -0.25) is 14.7 Å². The standard InChI is InChI=1S/C19H17FN4O2/c1-11-8-13(6-7-16(11)20)17-10-18(24-23-17)19(26)22-15-5-3-4-14(9-15)21-12(2)25/h3-10H,1-2H3,(H,21,25)(H,22,26)(H,23,24). The Morgan fingerprint density at radius 2 is 1.77 bits per heavy atom. The van der Waals surface area contributed by atoms with E-state index in [9.17, 15) is 14.0 Å². The molecule has 0 aliphatic rings. The average Bonchev–Trinajstić information content (AvgIpc) is 3.07. The Morgan fingerprint density at radius 3 is 2.46 bits per heavy atom. The van der Waals surface area contributed by atoms with Gasteiger partial charge in [-0.2, -0.15) is 5.10 Å². The molecule has 3 rings (SSSR count). The third-order valence-electron chi connectivity index (χ3n) is 3.72. The lowest BCUT2D eigenvalue weighted by Gasteiger charge is -2.06. The van der Waals surface area contributed by atoms with E-state index in [4.69, 9.17) is 0 Å². The van der Waals surface area contributed by atoms with Crippen molar-refractivity contribution in [3.63, 3.8) is 0 Å². The molecule has 0 unspecified atom stereocenters. The van der Waals surface area contributed by atoms with Crippen molar-refractivity contribution in [2.75, 3.05) is 10.6 Å². The zero-order valence-corrected chi connectivity index (χ0v) is 14.3. The first-order valence-electron chi connectivity index (χ1n) is 7.93. The SMILES string of the molecule is CC(=O)Nc1cccc(NC(=O)c2cc(-c3ccc(F)c(C)c3)n[nH]2)c1. The largest absolute Gasteiger partial charge is 0.326 e. The summed E-state index contributed by atoms with van der Waals surface area (Å²) >= 11 is 0. The maximum atomic E-state index is 13.4. The Morgan fingerprint density at radius 1 is 1.04 bits per heavy atom. The number of carbonyl (C=O) groups is 2. The second-order valence-corrected chi connectivity index (χ2v) is 5.85. The number of rotatable bonds is 4. The maximum absolute atomic E-state index is 13.4. The summed E-state index contributed by atoms with van der Waals surface area (Å²) in [6.07, 6.45) is 0. The van der Waals surface area contributed by atoms with E-state index in [-0.39, 0.29) is 23.3 Å². The summed E-state index contributed by atoms with van der Waals surface area (Å²) in [5.41, 5.74) is 3.16. The zero-order chi connectivity index (χ0) is 18.7. The highest BCUT2D eigenvalue weighted by Gasteiger charge is 2.12. The first kappa shape index (κ1) is 17.3. The van der Waals surface area contributed by atoms with Gasteiger partial charge in [-0.1, -0.05) is 6.07 Å². The lowest BCUT2D eigenvalue weighted by Crippen LogP contribution is -2.13. The molecule has 2 aromatic carbocycles. The second kappa shape index (κ2) is 7.18. The molecule has 7 heteroatoms. The first-order valence-corrected chi connectivity index (χ1v) is 7.93. The number of benzene rings is 2. The Bertz CT molecular complexity index is 981. The zero-order valence-electron chi connectivity index (χ0n) is 14.3. The molecule has 3 aromatic rings. The number of amides is 2. The van der Waals surface area contributed by atoms with Gasteiger partial charge in [0, 0.05) is 23.9 Å². The average molecular weight is 352 g/mol. The summed E-state index contributed by atoms with van der Waals surface area (Å²) in [5.74, 6) is -0.856. The van der Waals surface area contributed by atoms with Crippen LogP contribution in [0.5, 0.6) is 0 Å². The van der Waals surface area contributed by atoms with Crippen LogP contribution in [0.3, 0.4) is 0 Å². The number of aromatic amines is 1. The molecule has 1 aromatic heterocycles. The number of carbonyl (C=O) groups excluding carboxylic acids is 2. The molecular formula is C19H17FN4O2. The van der Waals surface area contributed by atoms with Crippen molar-refractivity contribution in [3.8, 4) is 11.3 Å². The minimum absolute atomic E-state index is 0.193. The fourth-order valence-corrected chi connectivity index (χ4v) is 2.47. The van der Waals surface area contributed by atoms with Gasteiger partial charge in [0.2, 0.25) is 5.91 Å². The molecule has 132 valence electrons. The predicted molar refractivity (Wildman–Crippen MR) is 97.4 cm³/mol. The summed E-state index contributed by atoms with van der Waals surface area (Å²) in [7, 11) is 0. The monoisotopic (exact) mass is 352 g/mol. The number of aryl methyl sites for hydroxylation is 1. The van der Waals surface area contributed by atoms with Crippen molar-refractivity contribution < 1.29 is 14.0 Å². The summed E-state index contributed by atoms with van der Waals surface area (Å²) in [5, 5.41) is 12.2. The van der Waals surface area contributed by atoms with Gasteiger partial charge in [-0.25, -0.2) is 4.39 Å². The number of hydrogen-bond acceptors (Lipinski definition) is 3. The Balaban J connectivity index is 1.76. The van der Waals surface area contributed by atoms with Gasteiger partial charge in [-0.15, -0.1) is 0 Å². The second-order valence-electron chi connectivity index (χ2n) is 5.85. The molecule has 0 radical (unpaired) electrons. The van der Waals surface area contributed by atoms with Crippen LogP contribution in [0.25, 0.3) is 11.3 Å². The Kier molecular flexibility index (Phi) is 4.79. The van der Waals surface area contributed by atoms with E-state index < -0.39 is 0 Å². The van der Waals surface area contributed by atoms with Gasteiger partial charge >= 0.3 is 0 Å². The Labute approximate surface area is 149 Å². The summed E-state index contributed by atoms with van der Waals surface area (Å²) in [6, 6.07) is 13.1. The van der Waals surface area contributed by atoms with Gasteiger partial charge in [-0.05, 0) is 55.0 Å². The van der Waals surface area contributed by atoms with Crippen LogP contribution in [-0.2, 0) is 4.79 Å². The lowest BCUT2D eigenvalue weighted by molar-refractivity contribution is -0.114. The smallest absolute Gasteiger partial charge is 0.273 e. The fourth-order valence-electron chi connectivity index (χ4n) is 2.47. The molecule has 6 nitrogen and oxygen atoms in total. The van der Waals surface area contributed by atoms with Gasteiger partial charge in [0.05, 0.1) is 5.69 Å². The van der Waals surface area contributed by atoms with Crippen LogP contribution in [0.4, 0.5) is 15.8 Å². The number of halogens is 1. The number of aromatic nitrogens is 2. The van der Waals surface area contributed by atoms with Gasteiger partial charge < -0.3 is 10.6 Å². The number of anilines is 2. The molecule has 0 aliphatic heterocycles. The van der Waals surface area contributed by atoms with Crippen molar-refractivity contribution >= 4 is 23.2 Å². The minimum atomic E-state index is -0.373. The Hall–Kier alpha value is -3.48. The van der Waals surface area contributed by atoms with Gasteiger partial charge in [0.25, 0.3) is 5.91 Å². The van der Waals surface area contributed by atoms with Crippen LogP contribution < -0.4 is 10.6 Å². The molecule has 26 heavy (non-hydrogen) atoms. The molecule has 3 N–H and O–H groups in total. The van der Waals surface area contributed by atoms with Crippen LogP contribution in [0.2, 0.25) is 0 Å². The van der Waals surface area contributed by atoms with E-state index in [1.54, 1.807) is 49.4 Å². The van der Waals surface area contributed by atoms with E-state index in [2.05, 4.69) is 20.8 Å². The molecule has 0 bridgehead atoms. The van der Waals surface area contributed by atoms with E-state index in [0.717, 1.165) is 0 Å². The van der Waals surface area contributed by atoms with Gasteiger partial charge in [0.1, 0.15) is 11.5 Å². The van der Waals surface area contributed by atoms with Crippen LogP contribution in [0.15, 0.2) is 48.5 Å². The third kappa shape index (κ3) is 3.94. The molecule has 2 amide bonds. The predicted octanol–water partition coefficient (Wildman–Crippen LogP) is 3.73. The highest BCUT2D eigenvalue weighted by Crippen LogP contribution is 2.21. The van der Waals surface area contributed by atoms with Crippen molar-refractivity contribution in [2.45, 2.75) is 13.8 Å². The summed E-state index contributed by atoms with van der Waals surface area (Å²) in [6.45, 7) is 3.08. The van der Waals surface area contributed by atoms with Crippen molar-refractivity contribution in [1.82, 2.24) is 10.2 Å². The van der Waals surface area contributed by atoms with Crippen molar-refractivity contribution in [1.29, 1.82) is 0 Å². The maximum Gasteiger partial charge on any atom is 0.273 e. The minimum Gasteiger partial charge on any atom is -0.326 e. The van der Waals surface area contributed by atoms with Crippen molar-refractivity contribution in [2.24, 2.45) is 0 Å². The highest BCUT2D eigenvalue weighted by molar-refractivity contribution is 6.03. The van der Waals surface area contributed by atoms with Crippen LogP contribution in [0, 0.1) is 12.7 Å². The fraction of sp³-hybridized carbons (Fsp3) is 0.105. The molecule has 0 saturated heterocycles. The van der Waals surface area contributed by atoms with Crippen molar-refractivity contribution in [3.05, 3.63) is 65.6 Å². The summed E-state index contributed by atoms with van der Waals surface area (Å²) in [4.78, 5) is 23.5. The quantitative estimate of drug-likeness (QED) is 0.668. The van der Waals surface area contributed by atoms with Crippen LogP contribution in [-0.4, -0.2) is 22.0 Å². The molecule has 0 aliphatic carbocycles. The molecular weight excluding hydrogens is 335 g/mol. The van der Waals surface area contributed by atoms with Crippen LogP contribution in [0.1, 0.15) is 23.0 Å². The number of nitrogens with one attached hydrogen (secondary N) is 3. The van der Waals surface area contributed by atoms with E-state index in [1.165, 1.54) is 13.0 Å². The lowest BCUT2D eigenvalue weighted by atomic mass is 10.1. The number of hydrogen-bond donors (Lipinski definition) is 3.